The molecule has 1 aromatic carbocycles. The van der Waals surface area contributed by atoms with Gasteiger partial charge in [0.05, 0.1) is 11.2 Å². The minimum Gasteiger partial charge on any atom is -0.453 e. The molecule has 1 aromatic heterocycles. The highest BCUT2D eigenvalue weighted by Gasteiger charge is 2.52. The molecule has 0 spiro atoms. The molecule has 3 rings (SSSR count). The second kappa shape index (κ2) is 5.32. The zero-order valence-corrected chi connectivity index (χ0v) is 13.6. The van der Waals surface area contributed by atoms with E-state index in [1.165, 1.54) is 6.07 Å². The molecule has 23 heavy (non-hydrogen) atoms. The second-order valence-corrected chi connectivity index (χ2v) is 6.64. The van der Waals surface area contributed by atoms with Gasteiger partial charge in [0.25, 0.3) is 0 Å². The lowest BCUT2D eigenvalue weighted by atomic mass is 9.77. The van der Waals surface area contributed by atoms with Crippen molar-refractivity contribution in [2.45, 2.75) is 38.9 Å². The van der Waals surface area contributed by atoms with Crippen molar-refractivity contribution in [1.29, 1.82) is 0 Å². The van der Waals surface area contributed by atoms with E-state index in [1.807, 2.05) is 27.7 Å². The van der Waals surface area contributed by atoms with Crippen molar-refractivity contribution in [3.63, 3.8) is 0 Å². The second-order valence-electron chi connectivity index (χ2n) is 6.64. The van der Waals surface area contributed by atoms with E-state index in [-0.39, 0.29) is 5.76 Å². The first kappa shape index (κ1) is 16.0. The zero-order chi connectivity index (χ0) is 16.8. The highest BCUT2D eigenvalue weighted by Crippen LogP contribution is 2.37. The lowest BCUT2D eigenvalue weighted by molar-refractivity contribution is 0.00578. The first-order valence-corrected chi connectivity index (χ1v) is 7.44. The molecule has 0 bridgehead atoms. The molecule has 0 N–H and O–H groups in total. The summed E-state index contributed by atoms with van der Waals surface area (Å²) in [6.45, 7) is 7.66. The van der Waals surface area contributed by atoms with Gasteiger partial charge in [0.15, 0.2) is 12.0 Å². The van der Waals surface area contributed by atoms with Crippen molar-refractivity contribution in [3.05, 3.63) is 41.9 Å². The van der Waals surface area contributed by atoms with Gasteiger partial charge in [-0.25, -0.2) is 4.39 Å². The largest absolute Gasteiger partial charge is 0.497 e. The number of carbonyl (C=O) groups excluding carboxylic acids is 1. The molecule has 0 unspecified atom stereocenters. The molecule has 0 saturated carbocycles. The van der Waals surface area contributed by atoms with E-state index in [2.05, 4.69) is 0 Å². The van der Waals surface area contributed by atoms with Gasteiger partial charge in [-0.3, -0.25) is 4.79 Å². The Hall–Kier alpha value is -1.92. The molecule has 4 nitrogen and oxygen atoms in total. The van der Waals surface area contributed by atoms with Gasteiger partial charge in [-0.1, -0.05) is 0 Å². The van der Waals surface area contributed by atoms with E-state index >= 15 is 0 Å². The number of benzene rings is 1. The summed E-state index contributed by atoms with van der Waals surface area (Å²) in [5, 5.41) is 0. The maximum absolute atomic E-state index is 14.3. The van der Waals surface area contributed by atoms with Crippen molar-refractivity contribution >= 4 is 18.9 Å². The van der Waals surface area contributed by atoms with Crippen molar-refractivity contribution in [1.82, 2.24) is 0 Å². The van der Waals surface area contributed by atoms with Crippen LogP contribution in [-0.2, 0) is 9.31 Å². The van der Waals surface area contributed by atoms with Crippen molar-refractivity contribution in [2.24, 2.45) is 0 Å². The topological polar surface area (TPSA) is 48.7 Å². The van der Waals surface area contributed by atoms with Gasteiger partial charge in [-0.15, -0.1) is 0 Å². The van der Waals surface area contributed by atoms with E-state index in [0.717, 1.165) is 0 Å². The molecule has 1 aliphatic rings. The Balaban J connectivity index is 1.97. The molecule has 1 saturated heterocycles. The third-order valence-corrected chi connectivity index (χ3v) is 4.53. The van der Waals surface area contributed by atoms with Crippen LogP contribution in [0.2, 0.25) is 0 Å². The van der Waals surface area contributed by atoms with E-state index in [1.54, 1.807) is 24.3 Å². The molecule has 2 aromatic rings. The molecule has 120 valence electrons. The Morgan fingerprint density at radius 3 is 2.26 bits per heavy atom. The molecular formula is C17H18BFO4. The fraction of sp³-hybridized carbons (Fsp3) is 0.353. The number of hydrogen-bond donors (Lipinski definition) is 0. The first-order valence-electron chi connectivity index (χ1n) is 7.44. The maximum atomic E-state index is 14.3. The number of hydrogen-bond acceptors (Lipinski definition) is 4. The average molecular weight is 316 g/mol. The van der Waals surface area contributed by atoms with Crippen LogP contribution in [0.15, 0.2) is 34.7 Å². The summed E-state index contributed by atoms with van der Waals surface area (Å²) in [6.07, 6.45) is 0.627. The third-order valence-electron chi connectivity index (χ3n) is 4.53. The van der Waals surface area contributed by atoms with Crippen molar-refractivity contribution in [2.75, 3.05) is 0 Å². The average Bonchev–Trinajstić information content (AvgIpc) is 3.02. The van der Waals surface area contributed by atoms with Crippen LogP contribution in [0.5, 0.6) is 0 Å². The quantitative estimate of drug-likeness (QED) is 0.644. The highest BCUT2D eigenvalue weighted by molar-refractivity contribution is 6.62. The number of carbonyl (C=O) groups is 1. The predicted octanol–water partition coefficient (Wildman–Crippen LogP) is 3.20. The normalized spacial score (nSPS) is 19.1. The van der Waals surface area contributed by atoms with Gasteiger partial charge in [0.2, 0.25) is 0 Å². The van der Waals surface area contributed by atoms with E-state index in [4.69, 9.17) is 13.7 Å². The molecule has 0 amide bonds. The summed E-state index contributed by atoms with van der Waals surface area (Å²) in [4.78, 5) is 10.7. The van der Waals surface area contributed by atoms with Gasteiger partial charge in [-0.05, 0) is 58.0 Å². The summed E-state index contributed by atoms with van der Waals surface area (Å²) < 4.78 is 31.4. The van der Waals surface area contributed by atoms with Crippen LogP contribution in [0, 0.1) is 5.82 Å². The fourth-order valence-corrected chi connectivity index (χ4v) is 2.42. The number of rotatable bonds is 3. The molecule has 0 aliphatic carbocycles. The molecule has 1 aliphatic heterocycles. The summed E-state index contributed by atoms with van der Waals surface area (Å²) >= 11 is 0. The Morgan fingerprint density at radius 2 is 1.70 bits per heavy atom. The number of furan rings is 1. The monoisotopic (exact) mass is 316 g/mol. The maximum Gasteiger partial charge on any atom is 0.497 e. The van der Waals surface area contributed by atoms with Gasteiger partial charge >= 0.3 is 7.12 Å². The van der Waals surface area contributed by atoms with Gasteiger partial charge in [0, 0.05) is 11.0 Å². The van der Waals surface area contributed by atoms with Gasteiger partial charge in [0.1, 0.15) is 11.6 Å². The lowest BCUT2D eigenvalue weighted by Crippen LogP contribution is -2.41. The van der Waals surface area contributed by atoms with Crippen molar-refractivity contribution in [3.8, 4) is 11.3 Å². The summed E-state index contributed by atoms with van der Waals surface area (Å²) in [7, 11) is -0.791. The Labute approximate surface area is 134 Å². The SMILES string of the molecule is CC1(C)OB(c2cc(-c3ccc(C=O)o3)ccc2F)OC1(C)C. The molecule has 0 atom stereocenters. The highest BCUT2D eigenvalue weighted by atomic mass is 19.1. The van der Waals surface area contributed by atoms with Crippen LogP contribution < -0.4 is 5.46 Å². The van der Waals surface area contributed by atoms with E-state index < -0.39 is 24.1 Å². The van der Waals surface area contributed by atoms with Crippen LogP contribution in [-0.4, -0.2) is 24.6 Å². The summed E-state index contributed by atoms with van der Waals surface area (Å²) in [5.74, 6) is 0.306. The van der Waals surface area contributed by atoms with Crippen LogP contribution in [0.1, 0.15) is 38.2 Å². The Kier molecular flexibility index (Phi) is 3.69. The summed E-state index contributed by atoms with van der Waals surface area (Å²) in [5.41, 5.74) is -0.125. The van der Waals surface area contributed by atoms with E-state index in [9.17, 15) is 9.18 Å². The fourth-order valence-electron chi connectivity index (χ4n) is 2.42. The first-order chi connectivity index (χ1) is 10.7. The lowest BCUT2D eigenvalue weighted by Gasteiger charge is -2.32. The van der Waals surface area contributed by atoms with E-state index in [0.29, 0.717) is 23.1 Å². The van der Waals surface area contributed by atoms with Gasteiger partial charge < -0.3 is 13.7 Å². The zero-order valence-electron chi connectivity index (χ0n) is 13.6. The minimum absolute atomic E-state index is 0.224. The van der Waals surface area contributed by atoms with Gasteiger partial charge in [-0.2, -0.15) is 0 Å². The molecule has 6 heteroatoms. The smallest absolute Gasteiger partial charge is 0.453 e. The van der Waals surface area contributed by atoms with Crippen molar-refractivity contribution < 1.29 is 22.9 Å². The Morgan fingerprint density at radius 1 is 1.04 bits per heavy atom. The third kappa shape index (κ3) is 2.73. The minimum atomic E-state index is -0.791. The molecule has 2 heterocycles. The number of aldehydes is 1. The Bertz CT molecular complexity index is 735. The van der Waals surface area contributed by atoms with Crippen LogP contribution >= 0.6 is 0 Å². The molecule has 0 radical (unpaired) electrons. The van der Waals surface area contributed by atoms with Crippen LogP contribution in [0.25, 0.3) is 11.3 Å². The molecule has 1 fully saturated rings. The number of halogens is 1. The standard InChI is InChI=1S/C17H18BFO4/c1-16(2)17(3,4)23-18(22-16)13-9-11(5-7-14(13)19)15-8-6-12(10-20)21-15/h5-10H,1-4H3. The predicted molar refractivity (Wildman–Crippen MR) is 85.2 cm³/mol. The van der Waals surface area contributed by atoms with Crippen LogP contribution in [0.4, 0.5) is 4.39 Å². The molecular weight excluding hydrogens is 298 g/mol. The summed E-state index contributed by atoms with van der Waals surface area (Å²) in [6, 6.07) is 7.81. The van der Waals surface area contributed by atoms with Crippen LogP contribution in [0.3, 0.4) is 0 Å².